The monoisotopic (exact) mass is 171 g/mol. The Balaban J connectivity index is 3.10. The molecule has 1 aromatic carbocycles. The smallest absolute Gasteiger partial charge is 0.128 e. The van der Waals surface area contributed by atoms with Crippen LogP contribution >= 0.6 is 0 Å². The van der Waals surface area contributed by atoms with Gasteiger partial charge in [0.1, 0.15) is 23.9 Å². The Hall–Kier alpha value is -1.46. The van der Waals surface area contributed by atoms with Gasteiger partial charge in [-0.1, -0.05) is 0 Å². The van der Waals surface area contributed by atoms with Gasteiger partial charge < -0.3 is 15.3 Å². The van der Waals surface area contributed by atoms with Gasteiger partial charge in [-0.3, -0.25) is 4.84 Å². The van der Waals surface area contributed by atoms with Gasteiger partial charge in [0.2, 0.25) is 0 Å². The third-order valence-corrected chi connectivity index (χ3v) is 1.42. The van der Waals surface area contributed by atoms with Crippen molar-refractivity contribution in [1.82, 2.24) is 0 Å². The fourth-order valence-corrected chi connectivity index (χ4v) is 0.858. The average Bonchev–Trinajstić information content (AvgIpc) is 1.96. The Morgan fingerprint density at radius 3 is 2.08 bits per heavy atom. The van der Waals surface area contributed by atoms with Crippen LogP contribution in [0.2, 0.25) is 0 Å². The van der Waals surface area contributed by atoms with Gasteiger partial charge in [-0.25, -0.2) is 5.90 Å². The van der Waals surface area contributed by atoms with Gasteiger partial charge in [0.05, 0.1) is 5.56 Å². The molecule has 0 aliphatic heterocycles. The molecule has 0 aliphatic rings. The van der Waals surface area contributed by atoms with Crippen LogP contribution in [0.5, 0.6) is 17.2 Å². The largest absolute Gasteiger partial charge is 0.508 e. The minimum atomic E-state index is -0.252. The second kappa shape index (κ2) is 3.29. The molecule has 12 heavy (non-hydrogen) atoms. The van der Waals surface area contributed by atoms with Gasteiger partial charge in [-0.2, -0.15) is 0 Å². The fourth-order valence-electron chi connectivity index (χ4n) is 0.858. The predicted octanol–water partition coefficient (Wildman–Crippen LogP) is 0.194. The molecule has 0 heterocycles. The Labute approximate surface area is 68.6 Å². The first-order valence-electron chi connectivity index (χ1n) is 3.20. The van der Waals surface area contributed by atoms with Gasteiger partial charge in [0.15, 0.2) is 0 Å². The van der Waals surface area contributed by atoms with Crippen molar-refractivity contribution in [3.8, 4) is 17.2 Å². The maximum atomic E-state index is 9.15. The molecule has 5 heteroatoms. The lowest BCUT2D eigenvalue weighted by molar-refractivity contribution is 0.120. The van der Waals surface area contributed by atoms with Gasteiger partial charge in [0, 0.05) is 12.1 Å². The standard InChI is InChI=1S/C7H9NO4/c8-12-3-5-6(10)1-4(9)2-7(5)11/h1-2,9-11H,3,8H2. The number of aromatic hydroxyl groups is 3. The molecule has 0 fully saturated rings. The molecule has 5 N–H and O–H groups in total. The average molecular weight is 171 g/mol. The summed E-state index contributed by atoms with van der Waals surface area (Å²) in [7, 11) is 0. The highest BCUT2D eigenvalue weighted by Crippen LogP contribution is 2.31. The molecule has 0 atom stereocenters. The van der Waals surface area contributed by atoms with Crippen LogP contribution in [0.3, 0.4) is 0 Å². The number of phenolic OH excluding ortho intramolecular Hbond substituents is 3. The molecule has 0 saturated heterocycles. The molecule has 1 rings (SSSR count). The first-order valence-corrected chi connectivity index (χ1v) is 3.20. The van der Waals surface area contributed by atoms with Crippen LogP contribution < -0.4 is 5.90 Å². The summed E-state index contributed by atoms with van der Waals surface area (Å²) in [6.45, 7) is -0.113. The van der Waals surface area contributed by atoms with Crippen molar-refractivity contribution in [3.63, 3.8) is 0 Å². The number of nitrogens with two attached hydrogens (primary N) is 1. The third kappa shape index (κ3) is 1.58. The van der Waals surface area contributed by atoms with Gasteiger partial charge in [0.25, 0.3) is 0 Å². The molecule has 0 aromatic heterocycles. The Morgan fingerprint density at radius 2 is 1.67 bits per heavy atom. The van der Waals surface area contributed by atoms with Crippen LogP contribution in [-0.4, -0.2) is 15.3 Å². The van der Waals surface area contributed by atoms with E-state index in [1.54, 1.807) is 0 Å². The van der Waals surface area contributed by atoms with Crippen molar-refractivity contribution >= 4 is 0 Å². The summed E-state index contributed by atoms with van der Waals surface area (Å²) < 4.78 is 0. The van der Waals surface area contributed by atoms with Crippen molar-refractivity contribution < 1.29 is 20.2 Å². The third-order valence-electron chi connectivity index (χ3n) is 1.42. The minimum Gasteiger partial charge on any atom is -0.508 e. The number of benzene rings is 1. The summed E-state index contributed by atoms with van der Waals surface area (Å²) >= 11 is 0. The minimum absolute atomic E-state index is 0.113. The van der Waals surface area contributed by atoms with Crippen LogP contribution in [0.4, 0.5) is 0 Å². The number of phenols is 3. The summed E-state index contributed by atoms with van der Waals surface area (Å²) in [4.78, 5) is 4.23. The van der Waals surface area contributed by atoms with Gasteiger partial charge >= 0.3 is 0 Å². The second-order valence-electron chi connectivity index (χ2n) is 2.27. The number of rotatable bonds is 2. The summed E-state index contributed by atoms with van der Waals surface area (Å²) in [6, 6.07) is 2.18. The second-order valence-corrected chi connectivity index (χ2v) is 2.27. The Kier molecular flexibility index (Phi) is 2.37. The van der Waals surface area contributed by atoms with E-state index in [-0.39, 0.29) is 29.4 Å². The Morgan fingerprint density at radius 1 is 1.17 bits per heavy atom. The van der Waals surface area contributed by atoms with E-state index in [1.807, 2.05) is 0 Å². The van der Waals surface area contributed by atoms with Gasteiger partial charge in [-0.15, -0.1) is 0 Å². The van der Waals surface area contributed by atoms with Crippen molar-refractivity contribution in [2.75, 3.05) is 0 Å². The first kappa shape index (κ1) is 8.63. The zero-order valence-corrected chi connectivity index (χ0v) is 6.19. The van der Waals surface area contributed by atoms with Crippen LogP contribution in [0.25, 0.3) is 0 Å². The SMILES string of the molecule is NOCc1c(O)cc(O)cc1O. The van der Waals surface area contributed by atoms with Crippen molar-refractivity contribution in [2.24, 2.45) is 5.90 Å². The maximum Gasteiger partial charge on any atom is 0.128 e. The summed E-state index contributed by atoms with van der Waals surface area (Å²) in [5.74, 6) is 4.03. The highest BCUT2D eigenvalue weighted by Gasteiger charge is 2.08. The molecule has 5 nitrogen and oxygen atoms in total. The molecule has 0 spiro atoms. The summed E-state index contributed by atoms with van der Waals surface area (Å²) in [5, 5.41) is 27.2. The van der Waals surface area contributed by atoms with Crippen LogP contribution in [0.15, 0.2) is 12.1 Å². The molecule has 0 radical (unpaired) electrons. The number of hydrogen-bond donors (Lipinski definition) is 4. The van der Waals surface area contributed by atoms with Crippen LogP contribution in [0.1, 0.15) is 5.56 Å². The predicted molar refractivity (Wildman–Crippen MR) is 40.4 cm³/mol. The molecule has 0 amide bonds. The van der Waals surface area contributed by atoms with E-state index in [1.165, 1.54) is 0 Å². The molecular weight excluding hydrogens is 162 g/mol. The van der Waals surface area contributed by atoms with E-state index in [9.17, 15) is 0 Å². The van der Waals surface area contributed by atoms with E-state index in [0.717, 1.165) is 12.1 Å². The molecule has 66 valence electrons. The quantitative estimate of drug-likeness (QED) is 0.476. The highest BCUT2D eigenvalue weighted by molar-refractivity contribution is 5.48. The molecule has 0 aliphatic carbocycles. The van der Waals surface area contributed by atoms with E-state index in [0.29, 0.717) is 0 Å². The molecule has 1 aromatic rings. The zero-order chi connectivity index (χ0) is 9.14. The van der Waals surface area contributed by atoms with Crippen LogP contribution in [0, 0.1) is 0 Å². The summed E-state index contributed by atoms with van der Waals surface area (Å²) in [6.07, 6.45) is 0. The van der Waals surface area contributed by atoms with E-state index < -0.39 is 0 Å². The van der Waals surface area contributed by atoms with E-state index >= 15 is 0 Å². The number of hydrogen-bond acceptors (Lipinski definition) is 5. The topological polar surface area (TPSA) is 95.9 Å². The van der Waals surface area contributed by atoms with E-state index in [4.69, 9.17) is 21.2 Å². The van der Waals surface area contributed by atoms with Crippen LogP contribution in [-0.2, 0) is 11.4 Å². The highest BCUT2D eigenvalue weighted by atomic mass is 16.6. The lowest BCUT2D eigenvalue weighted by Crippen LogP contribution is -1.99. The summed E-state index contributed by atoms with van der Waals surface area (Å²) in [5.41, 5.74) is 0.148. The fraction of sp³-hybridized carbons (Fsp3) is 0.143. The van der Waals surface area contributed by atoms with Crippen molar-refractivity contribution in [3.05, 3.63) is 17.7 Å². The molecule has 0 bridgehead atoms. The van der Waals surface area contributed by atoms with Gasteiger partial charge in [-0.05, 0) is 0 Å². The Bertz CT molecular complexity index is 264. The lowest BCUT2D eigenvalue weighted by atomic mass is 10.2. The maximum absolute atomic E-state index is 9.15. The molecule has 0 saturated carbocycles. The van der Waals surface area contributed by atoms with Crippen molar-refractivity contribution in [1.29, 1.82) is 0 Å². The molecule has 0 unspecified atom stereocenters. The zero-order valence-electron chi connectivity index (χ0n) is 6.19. The first-order chi connectivity index (χ1) is 5.65. The van der Waals surface area contributed by atoms with Crippen molar-refractivity contribution in [2.45, 2.75) is 6.61 Å². The lowest BCUT2D eigenvalue weighted by Gasteiger charge is -2.05. The van der Waals surface area contributed by atoms with E-state index in [2.05, 4.69) is 4.84 Å². The normalized spacial score (nSPS) is 10.1. The molecular formula is C7H9NO4.